The van der Waals surface area contributed by atoms with Gasteiger partial charge in [0.2, 0.25) is 0 Å². The number of phenols is 1. The topological polar surface area (TPSA) is 46.2 Å². The second-order valence-corrected chi connectivity index (χ2v) is 2.16. The molecule has 1 rings (SSSR count). The van der Waals surface area contributed by atoms with Gasteiger partial charge in [0.05, 0.1) is 5.69 Å². The van der Waals surface area contributed by atoms with Gasteiger partial charge in [-0.3, -0.25) is 0 Å². The number of nitrogen functional groups attached to an aromatic ring is 1. The molecule has 1 aromatic carbocycles. The molecule has 0 aromatic heterocycles. The first-order valence-corrected chi connectivity index (χ1v) is 2.86. The fourth-order valence-corrected chi connectivity index (χ4v) is 0.761. The van der Waals surface area contributed by atoms with E-state index in [1.54, 1.807) is 6.92 Å². The lowest BCUT2D eigenvalue weighted by atomic mass is 10.2. The normalized spacial score (nSPS) is 8.91. The van der Waals surface area contributed by atoms with Crippen LogP contribution in [0.25, 0.3) is 0 Å². The van der Waals surface area contributed by atoms with Crippen molar-refractivity contribution < 1.29 is 9.50 Å². The van der Waals surface area contributed by atoms with E-state index in [-0.39, 0.29) is 23.8 Å². The molecule has 11 heavy (non-hydrogen) atoms. The molecule has 3 N–H and O–H groups in total. The number of rotatable bonds is 0. The Kier molecular flexibility index (Phi) is 3.14. The van der Waals surface area contributed by atoms with Gasteiger partial charge in [0.25, 0.3) is 0 Å². The van der Waals surface area contributed by atoms with Crippen LogP contribution in [0.5, 0.6) is 5.75 Å². The number of halogens is 2. The summed E-state index contributed by atoms with van der Waals surface area (Å²) in [6, 6.07) is 2.31. The Bertz CT molecular complexity index is 242. The molecule has 2 nitrogen and oxygen atoms in total. The average molecular weight is 178 g/mol. The summed E-state index contributed by atoms with van der Waals surface area (Å²) in [5, 5.41) is 9.04. The molecule has 0 amide bonds. The largest absolute Gasteiger partial charge is 0.506 e. The van der Waals surface area contributed by atoms with Crippen molar-refractivity contribution in [3.05, 3.63) is 23.5 Å². The number of hydrogen-bond acceptors (Lipinski definition) is 2. The fourth-order valence-electron chi connectivity index (χ4n) is 0.761. The van der Waals surface area contributed by atoms with Crippen molar-refractivity contribution in [1.29, 1.82) is 0 Å². The van der Waals surface area contributed by atoms with E-state index in [1.165, 1.54) is 6.07 Å². The lowest BCUT2D eigenvalue weighted by Crippen LogP contribution is -1.89. The number of nitrogens with two attached hydrogens (primary N) is 1. The minimum atomic E-state index is -0.423. The van der Waals surface area contributed by atoms with E-state index in [0.29, 0.717) is 5.56 Å². The van der Waals surface area contributed by atoms with E-state index >= 15 is 0 Å². The van der Waals surface area contributed by atoms with E-state index < -0.39 is 5.82 Å². The highest BCUT2D eigenvalue weighted by atomic mass is 35.5. The van der Waals surface area contributed by atoms with E-state index in [9.17, 15) is 4.39 Å². The molecule has 1 aromatic rings. The minimum absolute atomic E-state index is 0. The molecule has 0 spiro atoms. The number of aryl methyl sites for hydroxylation is 1. The highest BCUT2D eigenvalue weighted by molar-refractivity contribution is 5.85. The molecule has 0 fully saturated rings. The van der Waals surface area contributed by atoms with Crippen molar-refractivity contribution in [2.75, 3.05) is 5.73 Å². The highest BCUT2D eigenvalue weighted by Crippen LogP contribution is 2.24. The number of benzene rings is 1. The maximum atomic E-state index is 12.4. The smallest absolute Gasteiger partial charge is 0.141 e. The van der Waals surface area contributed by atoms with Crippen LogP contribution in [0.4, 0.5) is 10.1 Å². The zero-order valence-corrected chi connectivity index (χ0v) is 6.78. The summed E-state index contributed by atoms with van der Waals surface area (Å²) in [6.07, 6.45) is 0. The van der Waals surface area contributed by atoms with E-state index in [2.05, 4.69) is 0 Å². The predicted octanol–water partition coefficient (Wildman–Crippen LogP) is 1.84. The molecule has 0 unspecified atom stereocenters. The Balaban J connectivity index is 0.000001000. The Morgan fingerprint density at radius 2 is 2.00 bits per heavy atom. The van der Waals surface area contributed by atoms with Crippen LogP contribution >= 0.6 is 12.4 Å². The summed E-state index contributed by atoms with van der Waals surface area (Å²) in [6.45, 7) is 1.59. The summed E-state index contributed by atoms with van der Waals surface area (Å²) >= 11 is 0. The second-order valence-electron chi connectivity index (χ2n) is 2.16. The van der Waals surface area contributed by atoms with Crippen molar-refractivity contribution in [3.8, 4) is 5.75 Å². The molecule has 0 aliphatic carbocycles. The Morgan fingerprint density at radius 1 is 1.45 bits per heavy atom. The van der Waals surface area contributed by atoms with E-state index in [0.717, 1.165) is 6.07 Å². The van der Waals surface area contributed by atoms with Gasteiger partial charge in [-0.25, -0.2) is 4.39 Å². The average Bonchev–Trinajstić information content (AvgIpc) is 1.82. The van der Waals surface area contributed by atoms with Crippen LogP contribution in [-0.4, -0.2) is 5.11 Å². The Morgan fingerprint density at radius 3 is 2.45 bits per heavy atom. The van der Waals surface area contributed by atoms with Crippen molar-refractivity contribution in [2.45, 2.75) is 6.92 Å². The molecule has 0 bridgehead atoms. The van der Waals surface area contributed by atoms with Gasteiger partial charge in [0.1, 0.15) is 11.6 Å². The summed E-state index contributed by atoms with van der Waals surface area (Å²) in [4.78, 5) is 0. The van der Waals surface area contributed by atoms with Crippen molar-refractivity contribution in [3.63, 3.8) is 0 Å². The van der Waals surface area contributed by atoms with Crippen LogP contribution < -0.4 is 5.73 Å². The third-order valence-corrected chi connectivity index (χ3v) is 1.29. The first-order valence-electron chi connectivity index (χ1n) is 2.86. The molecule has 0 aliphatic rings. The van der Waals surface area contributed by atoms with Gasteiger partial charge >= 0.3 is 0 Å². The molecular formula is C7H9ClFNO. The molecule has 4 heteroatoms. The number of aromatic hydroxyl groups is 1. The summed E-state index contributed by atoms with van der Waals surface area (Å²) in [5.74, 6) is -0.464. The summed E-state index contributed by atoms with van der Waals surface area (Å²) < 4.78 is 12.4. The lowest BCUT2D eigenvalue weighted by Gasteiger charge is -2.01. The SMILES string of the molecule is Cc1cc(F)cc(N)c1O.Cl. The molecule has 0 saturated heterocycles. The van der Waals surface area contributed by atoms with Gasteiger partial charge in [-0.1, -0.05) is 0 Å². The molecule has 0 heterocycles. The van der Waals surface area contributed by atoms with Crippen molar-refractivity contribution >= 4 is 18.1 Å². The zero-order chi connectivity index (χ0) is 7.72. The predicted molar refractivity (Wildman–Crippen MR) is 44.5 cm³/mol. The molecule has 0 atom stereocenters. The van der Waals surface area contributed by atoms with Crippen LogP contribution in [-0.2, 0) is 0 Å². The zero-order valence-electron chi connectivity index (χ0n) is 5.97. The van der Waals surface area contributed by atoms with Gasteiger partial charge in [0, 0.05) is 6.07 Å². The Labute approximate surface area is 70.2 Å². The molecular weight excluding hydrogens is 169 g/mol. The molecule has 0 saturated carbocycles. The summed E-state index contributed by atoms with van der Waals surface area (Å²) in [5.41, 5.74) is 5.77. The van der Waals surface area contributed by atoms with Crippen LogP contribution in [0.1, 0.15) is 5.56 Å². The second kappa shape index (κ2) is 3.44. The van der Waals surface area contributed by atoms with Gasteiger partial charge < -0.3 is 10.8 Å². The molecule has 0 aliphatic heterocycles. The van der Waals surface area contributed by atoms with Crippen molar-refractivity contribution in [1.82, 2.24) is 0 Å². The molecule has 0 radical (unpaired) electrons. The monoisotopic (exact) mass is 177 g/mol. The third kappa shape index (κ3) is 1.98. The van der Waals surface area contributed by atoms with Crippen molar-refractivity contribution in [2.24, 2.45) is 0 Å². The Hall–Kier alpha value is -0.960. The minimum Gasteiger partial charge on any atom is -0.506 e. The van der Waals surface area contributed by atoms with Gasteiger partial charge in [-0.05, 0) is 18.6 Å². The van der Waals surface area contributed by atoms with Gasteiger partial charge in [-0.15, -0.1) is 12.4 Å². The third-order valence-electron chi connectivity index (χ3n) is 1.29. The quantitative estimate of drug-likeness (QED) is 0.469. The lowest BCUT2D eigenvalue weighted by molar-refractivity contribution is 0.471. The maximum absolute atomic E-state index is 12.4. The molecule has 62 valence electrons. The first kappa shape index (κ1) is 10.0. The van der Waals surface area contributed by atoms with Crippen LogP contribution in [0.2, 0.25) is 0 Å². The van der Waals surface area contributed by atoms with Crippen LogP contribution in [0.15, 0.2) is 12.1 Å². The van der Waals surface area contributed by atoms with E-state index in [1.807, 2.05) is 0 Å². The van der Waals surface area contributed by atoms with Crippen LogP contribution in [0.3, 0.4) is 0 Å². The maximum Gasteiger partial charge on any atom is 0.141 e. The van der Waals surface area contributed by atoms with Crippen LogP contribution in [0, 0.1) is 12.7 Å². The van der Waals surface area contributed by atoms with Gasteiger partial charge in [0.15, 0.2) is 0 Å². The number of hydrogen-bond donors (Lipinski definition) is 2. The standard InChI is InChI=1S/C7H8FNO.ClH/c1-4-2-5(8)3-6(9)7(4)10;/h2-3,10H,9H2,1H3;1H. The highest BCUT2D eigenvalue weighted by Gasteiger charge is 2.01. The number of anilines is 1. The summed E-state index contributed by atoms with van der Waals surface area (Å²) in [7, 11) is 0. The first-order chi connectivity index (χ1) is 4.61. The van der Waals surface area contributed by atoms with Gasteiger partial charge in [-0.2, -0.15) is 0 Å². The number of phenolic OH excluding ortho intramolecular Hbond substituents is 1. The fraction of sp³-hybridized carbons (Fsp3) is 0.143. The van der Waals surface area contributed by atoms with E-state index in [4.69, 9.17) is 10.8 Å².